The number of nitrogens with zero attached hydrogens (tertiary/aromatic N) is 2. The van der Waals surface area contributed by atoms with E-state index in [4.69, 9.17) is 0 Å². The van der Waals surface area contributed by atoms with Crippen molar-refractivity contribution in [2.75, 3.05) is 13.1 Å². The Kier molecular flexibility index (Phi) is 1.96. The lowest BCUT2D eigenvalue weighted by Crippen LogP contribution is -2.07. The van der Waals surface area contributed by atoms with Crippen molar-refractivity contribution in [1.82, 2.24) is 15.1 Å². The largest absolute Gasteiger partial charge is 0.316 e. The lowest BCUT2D eigenvalue weighted by Gasteiger charge is -2.02. The number of rotatable bonds is 2. The molecule has 2 heterocycles. The number of hydrogen-bond donors (Lipinski definition) is 1. The van der Waals surface area contributed by atoms with Crippen LogP contribution in [0, 0.1) is 0 Å². The first kappa shape index (κ1) is 7.55. The van der Waals surface area contributed by atoms with Crippen molar-refractivity contribution >= 4 is 6.20 Å². The van der Waals surface area contributed by atoms with Gasteiger partial charge in [0.25, 0.3) is 0 Å². The van der Waals surface area contributed by atoms with Crippen LogP contribution in [0.15, 0.2) is 19.0 Å². The van der Waals surface area contributed by atoms with Crippen LogP contribution in [0.4, 0.5) is 0 Å². The summed E-state index contributed by atoms with van der Waals surface area (Å²) < 4.78 is 1.76. The van der Waals surface area contributed by atoms with Gasteiger partial charge in [-0.3, -0.25) is 0 Å². The van der Waals surface area contributed by atoms with Gasteiger partial charge in [0, 0.05) is 24.9 Å². The predicted octanol–water partition coefficient (Wildman–Crippen LogP) is 1.06. The van der Waals surface area contributed by atoms with E-state index < -0.39 is 0 Å². The minimum absolute atomic E-state index is 0.652. The summed E-state index contributed by atoms with van der Waals surface area (Å²) in [5, 5.41) is 7.49. The van der Waals surface area contributed by atoms with Gasteiger partial charge in [0.2, 0.25) is 0 Å². The molecule has 0 aliphatic carbocycles. The molecular formula is C9H13N3. The fourth-order valence-corrected chi connectivity index (χ4v) is 1.60. The van der Waals surface area contributed by atoms with Gasteiger partial charge in [-0.05, 0) is 18.5 Å². The van der Waals surface area contributed by atoms with Crippen molar-refractivity contribution in [2.45, 2.75) is 12.3 Å². The summed E-state index contributed by atoms with van der Waals surface area (Å²) in [6, 6.07) is 0. The van der Waals surface area contributed by atoms with Gasteiger partial charge in [0.15, 0.2) is 0 Å². The standard InChI is InChI=1S/C9H13N3/c1-2-12-7-9(6-11-12)8-3-4-10-5-8/h2,6-8,10H,1,3-5H2. The Morgan fingerprint density at radius 2 is 2.67 bits per heavy atom. The van der Waals surface area contributed by atoms with Crippen LogP contribution in [-0.4, -0.2) is 22.9 Å². The molecule has 1 aromatic rings. The van der Waals surface area contributed by atoms with Gasteiger partial charge in [-0.1, -0.05) is 6.58 Å². The second-order valence-corrected chi connectivity index (χ2v) is 3.13. The molecule has 1 saturated heterocycles. The normalized spacial score (nSPS) is 22.8. The van der Waals surface area contributed by atoms with Gasteiger partial charge in [0.1, 0.15) is 0 Å². The third kappa shape index (κ3) is 1.28. The Labute approximate surface area is 72.1 Å². The number of nitrogens with one attached hydrogen (secondary N) is 1. The van der Waals surface area contributed by atoms with E-state index in [2.05, 4.69) is 17.0 Å². The van der Waals surface area contributed by atoms with Crippen LogP contribution < -0.4 is 5.32 Å². The minimum atomic E-state index is 0.652. The quantitative estimate of drug-likeness (QED) is 0.706. The third-order valence-corrected chi connectivity index (χ3v) is 2.34. The van der Waals surface area contributed by atoms with Crippen molar-refractivity contribution in [3.05, 3.63) is 24.5 Å². The van der Waals surface area contributed by atoms with Crippen LogP contribution in [0.3, 0.4) is 0 Å². The van der Waals surface area contributed by atoms with Crippen molar-refractivity contribution in [1.29, 1.82) is 0 Å². The van der Waals surface area contributed by atoms with Crippen LogP contribution in [0.25, 0.3) is 6.20 Å². The molecule has 0 bridgehead atoms. The molecule has 0 spiro atoms. The molecule has 3 nitrogen and oxygen atoms in total. The first-order valence-electron chi connectivity index (χ1n) is 4.27. The molecule has 1 aliphatic rings. The van der Waals surface area contributed by atoms with Gasteiger partial charge >= 0.3 is 0 Å². The van der Waals surface area contributed by atoms with Crippen molar-refractivity contribution in [3.63, 3.8) is 0 Å². The van der Waals surface area contributed by atoms with E-state index in [1.54, 1.807) is 10.9 Å². The molecule has 0 radical (unpaired) electrons. The second kappa shape index (κ2) is 3.11. The Hall–Kier alpha value is -1.09. The Bertz CT molecular complexity index is 271. The van der Waals surface area contributed by atoms with Gasteiger partial charge in [-0.15, -0.1) is 0 Å². The molecule has 1 aliphatic heterocycles. The maximum Gasteiger partial charge on any atom is 0.0529 e. The molecule has 0 saturated carbocycles. The van der Waals surface area contributed by atoms with E-state index in [1.807, 2.05) is 12.4 Å². The monoisotopic (exact) mass is 163 g/mol. The summed E-state index contributed by atoms with van der Waals surface area (Å²) in [7, 11) is 0. The first-order valence-corrected chi connectivity index (χ1v) is 4.27. The van der Waals surface area contributed by atoms with E-state index in [9.17, 15) is 0 Å². The Balaban J connectivity index is 2.16. The zero-order chi connectivity index (χ0) is 8.39. The molecule has 64 valence electrons. The van der Waals surface area contributed by atoms with Crippen molar-refractivity contribution in [2.24, 2.45) is 0 Å². The first-order chi connectivity index (χ1) is 5.90. The van der Waals surface area contributed by atoms with Crippen LogP contribution in [0.5, 0.6) is 0 Å². The topological polar surface area (TPSA) is 29.9 Å². The lowest BCUT2D eigenvalue weighted by molar-refractivity contribution is 0.763. The van der Waals surface area contributed by atoms with Crippen LogP contribution >= 0.6 is 0 Å². The summed E-state index contributed by atoms with van der Waals surface area (Å²) in [5.74, 6) is 0.652. The van der Waals surface area contributed by atoms with E-state index in [0.717, 1.165) is 13.1 Å². The van der Waals surface area contributed by atoms with Crippen molar-refractivity contribution < 1.29 is 0 Å². The van der Waals surface area contributed by atoms with E-state index >= 15 is 0 Å². The molecule has 1 N–H and O–H groups in total. The van der Waals surface area contributed by atoms with E-state index in [-0.39, 0.29) is 0 Å². The molecule has 0 amide bonds. The lowest BCUT2D eigenvalue weighted by atomic mass is 10.0. The predicted molar refractivity (Wildman–Crippen MR) is 48.8 cm³/mol. The highest BCUT2D eigenvalue weighted by molar-refractivity contribution is 5.21. The minimum Gasteiger partial charge on any atom is -0.316 e. The molecule has 1 aromatic heterocycles. The fourth-order valence-electron chi connectivity index (χ4n) is 1.60. The molecular weight excluding hydrogens is 150 g/mol. The van der Waals surface area contributed by atoms with Gasteiger partial charge in [-0.2, -0.15) is 5.10 Å². The summed E-state index contributed by atoms with van der Waals surface area (Å²) in [6.45, 7) is 5.87. The van der Waals surface area contributed by atoms with E-state index in [1.165, 1.54) is 12.0 Å². The highest BCUT2D eigenvalue weighted by atomic mass is 15.2. The molecule has 12 heavy (non-hydrogen) atoms. The fraction of sp³-hybridized carbons (Fsp3) is 0.444. The maximum absolute atomic E-state index is 4.15. The van der Waals surface area contributed by atoms with Gasteiger partial charge in [0.05, 0.1) is 6.20 Å². The van der Waals surface area contributed by atoms with Crippen molar-refractivity contribution in [3.8, 4) is 0 Å². The molecule has 1 atom stereocenters. The summed E-state index contributed by atoms with van der Waals surface area (Å²) >= 11 is 0. The Morgan fingerprint density at radius 3 is 3.25 bits per heavy atom. The average Bonchev–Trinajstić information content (AvgIpc) is 2.75. The highest BCUT2D eigenvalue weighted by Gasteiger charge is 2.17. The summed E-state index contributed by atoms with van der Waals surface area (Å²) in [4.78, 5) is 0. The van der Waals surface area contributed by atoms with Gasteiger partial charge < -0.3 is 5.32 Å². The zero-order valence-corrected chi connectivity index (χ0v) is 7.03. The SMILES string of the molecule is C=Cn1cc(C2CCNC2)cn1. The van der Waals surface area contributed by atoms with Crippen LogP contribution in [-0.2, 0) is 0 Å². The molecule has 1 fully saturated rings. The smallest absolute Gasteiger partial charge is 0.0529 e. The zero-order valence-electron chi connectivity index (χ0n) is 7.03. The van der Waals surface area contributed by atoms with Crippen LogP contribution in [0.2, 0.25) is 0 Å². The molecule has 3 heteroatoms. The summed E-state index contributed by atoms with van der Waals surface area (Å²) in [6.07, 6.45) is 6.92. The van der Waals surface area contributed by atoms with E-state index in [0.29, 0.717) is 5.92 Å². The van der Waals surface area contributed by atoms with Gasteiger partial charge in [-0.25, -0.2) is 4.68 Å². The molecule has 0 aromatic carbocycles. The van der Waals surface area contributed by atoms with Crippen LogP contribution in [0.1, 0.15) is 17.9 Å². The Morgan fingerprint density at radius 1 is 1.75 bits per heavy atom. The molecule has 2 rings (SSSR count). The average molecular weight is 163 g/mol. The summed E-state index contributed by atoms with van der Waals surface area (Å²) in [5.41, 5.74) is 1.32. The number of hydrogen-bond acceptors (Lipinski definition) is 2. The highest BCUT2D eigenvalue weighted by Crippen LogP contribution is 2.21. The third-order valence-electron chi connectivity index (χ3n) is 2.34. The second-order valence-electron chi connectivity index (χ2n) is 3.13. The molecule has 1 unspecified atom stereocenters. The maximum atomic E-state index is 4.15. The number of aromatic nitrogens is 2.